The number of ether oxygens (including phenoxy) is 3. The highest BCUT2D eigenvalue weighted by molar-refractivity contribution is 6.17. The van der Waals surface area contributed by atoms with Gasteiger partial charge in [0.1, 0.15) is 17.1 Å². The number of benzene rings is 3. The van der Waals surface area contributed by atoms with E-state index in [9.17, 15) is 14.7 Å². The normalized spacial score (nSPS) is 11.2. The molecule has 1 aliphatic carbocycles. The third kappa shape index (κ3) is 8.22. The van der Waals surface area contributed by atoms with E-state index in [-0.39, 0.29) is 23.2 Å². The first-order valence-electron chi connectivity index (χ1n) is 13.7. The Kier molecular flexibility index (Phi) is 11.2. The molecule has 4 rings (SSSR count). The maximum Gasteiger partial charge on any atom is 0.511 e. The van der Waals surface area contributed by atoms with Crippen molar-refractivity contribution < 1.29 is 33.3 Å². The van der Waals surface area contributed by atoms with E-state index in [1.54, 1.807) is 48.5 Å². The van der Waals surface area contributed by atoms with E-state index in [1.165, 1.54) is 6.07 Å². The third-order valence-corrected chi connectivity index (χ3v) is 6.80. The molecule has 0 unspecified atom stereocenters. The van der Waals surface area contributed by atoms with Crippen LogP contribution in [0.4, 0.5) is 10.5 Å². The minimum atomic E-state index is -1.52. The summed E-state index contributed by atoms with van der Waals surface area (Å²) >= 11 is 5.66. The zero-order chi connectivity index (χ0) is 29.9. The lowest BCUT2D eigenvalue weighted by atomic mass is 9.92. The second kappa shape index (κ2) is 15.2. The molecule has 2 aromatic rings. The highest BCUT2D eigenvalue weighted by Crippen LogP contribution is 2.44. The van der Waals surface area contributed by atoms with Crippen molar-refractivity contribution >= 4 is 40.3 Å². The van der Waals surface area contributed by atoms with Crippen molar-refractivity contribution in [1.29, 1.82) is 5.41 Å². The van der Waals surface area contributed by atoms with Crippen LogP contribution in [0.5, 0.6) is 5.75 Å². The number of nitrogen functional groups attached to an aromatic ring is 1. The van der Waals surface area contributed by atoms with E-state index in [0.717, 1.165) is 25.7 Å². The number of fused-ring (bicyclic) bond motifs is 2. The predicted molar refractivity (Wildman–Crippen MR) is 160 cm³/mol. The lowest BCUT2D eigenvalue weighted by molar-refractivity contribution is 0.0468. The summed E-state index contributed by atoms with van der Waals surface area (Å²) in [4.78, 5) is 24.5. The fraction of sp³-hybridized carbons (Fsp3) is 0.323. The van der Waals surface area contributed by atoms with Crippen molar-refractivity contribution in [2.75, 3.05) is 44.6 Å². The highest BCUT2D eigenvalue weighted by atomic mass is 35.5. The first-order chi connectivity index (χ1) is 20.4. The fourth-order valence-corrected chi connectivity index (χ4v) is 4.75. The Morgan fingerprint density at radius 1 is 0.905 bits per heavy atom. The minimum absolute atomic E-state index is 0.0215. The van der Waals surface area contributed by atoms with Crippen LogP contribution in [0.25, 0.3) is 33.4 Å². The number of anilines is 1. The number of carbonyl (C=O) groups excluding carboxylic acids is 1. The number of nitrogens with two attached hydrogens (primary N) is 1. The minimum Gasteiger partial charge on any atom is -0.456 e. The van der Waals surface area contributed by atoms with Crippen molar-refractivity contribution in [3.8, 4) is 28.2 Å². The Morgan fingerprint density at radius 2 is 1.67 bits per heavy atom. The first kappa shape index (κ1) is 30.8. The molecule has 0 fully saturated rings. The maximum absolute atomic E-state index is 12.9. The van der Waals surface area contributed by atoms with Crippen molar-refractivity contribution in [3.63, 3.8) is 0 Å². The van der Waals surface area contributed by atoms with Crippen LogP contribution in [0.3, 0.4) is 0 Å². The van der Waals surface area contributed by atoms with Crippen LogP contribution in [-0.4, -0.2) is 56.0 Å². The van der Waals surface area contributed by atoms with Crippen molar-refractivity contribution in [1.82, 2.24) is 5.32 Å². The first-order valence-corrected chi connectivity index (χ1v) is 14.3. The van der Waals surface area contributed by atoms with E-state index in [0.29, 0.717) is 71.4 Å². The average molecular weight is 596 g/mol. The Hall–Kier alpha value is -4.12. The summed E-state index contributed by atoms with van der Waals surface area (Å²) in [5, 5.41) is 21.2. The van der Waals surface area contributed by atoms with Crippen LogP contribution in [0.1, 0.15) is 36.0 Å². The Balaban J connectivity index is 1.45. The van der Waals surface area contributed by atoms with Crippen molar-refractivity contribution in [2.24, 2.45) is 0 Å². The molecule has 0 radical (unpaired) electrons. The van der Waals surface area contributed by atoms with Crippen LogP contribution in [0.15, 0.2) is 59.0 Å². The molecule has 42 heavy (non-hydrogen) atoms. The van der Waals surface area contributed by atoms with Gasteiger partial charge in [0, 0.05) is 64.5 Å². The lowest BCUT2D eigenvalue weighted by Gasteiger charge is -2.18. The Bertz CT molecular complexity index is 1560. The SMILES string of the molecule is N=c1ccc2c(-c3ccc(C(=O)NCCOCCOCCCCCCCl)cc3OC(=O)O)c3ccc(N)cc3oc-2c1. The van der Waals surface area contributed by atoms with E-state index in [4.69, 9.17) is 41.4 Å². The van der Waals surface area contributed by atoms with Gasteiger partial charge in [-0.2, -0.15) is 0 Å². The molecule has 5 N–H and O–H groups in total. The Labute approximate surface area is 248 Å². The van der Waals surface area contributed by atoms with E-state index in [1.807, 2.05) is 0 Å². The van der Waals surface area contributed by atoms with E-state index >= 15 is 0 Å². The summed E-state index contributed by atoms with van der Waals surface area (Å²) in [6.45, 7) is 2.14. The number of carboxylic acid groups (broad SMARTS) is 1. The summed E-state index contributed by atoms with van der Waals surface area (Å²) in [5.41, 5.74) is 8.84. The molecule has 1 aliphatic heterocycles. The topological polar surface area (TPSA) is 157 Å². The second-order valence-corrected chi connectivity index (χ2v) is 9.98. The number of amides is 1. The summed E-state index contributed by atoms with van der Waals surface area (Å²) in [5.74, 6) is 0.689. The largest absolute Gasteiger partial charge is 0.511 e. The van der Waals surface area contributed by atoms with Gasteiger partial charge in [-0.1, -0.05) is 12.8 Å². The van der Waals surface area contributed by atoms with Gasteiger partial charge in [-0.15, -0.1) is 11.6 Å². The molecule has 2 aliphatic rings. The van der Waals surface area contributed by atoms with Crippen molar-refractivity contribution in [2.45, 2.75) is 25.7 Å². The molecule has 222 valence electrons. The number of hydrogen-bond acceptors (Lipinski definition) is 8. The summed E-state index contributed by atoms with van der Waals surface area (Å²) in [6.07, 6.45) is 2.69. The van der Waals surface area contributed by atoms with Crippen molar-refractivity contribution in [3.05, 3.63) is 65.5 Å². The average Bonchev–Trinajstić information content (AvgIpc) is 2.96. The number of unbranched alkanes of at least 4 members (excludes halogenated alkanes) is 3. The third-order valence-electron chi connectivity index (χ3n) is 6.53. The van der Waals surface area contributed by atoms with Crippen LogP contribution in [0.2, 0.25) is 0 Å². The number of hydrogen-bond donors (Lipinski definition) is 4. The van der Waals surface area contributed by atoms with Gasteiger partial charge >= 0.3 is 6.16 Å². The lowest BCUT2D eigenvalue weighted by Crippen LogP contribution is -2.27. The number of alkyl halides is 1. The molecule has 11 heteroatoms. The monoisotopic (exact) mass is 595 g/mol. The smallest absolute Gasteiger partial charge is 0.456 e. The van der Waals surface area contributed by atoms with Crippen LogP contribution >= 0.6 is 11.6 Å². The summed E-state index contributed by atoms with van der Waals surface area (Å²) in [6, 6.07) is 14.7. The standard InChI is InChI=1S/C31H34ClN3O7/c32-11-3-1-2-4-13-39-15-16-40-14-12-35-30(36)20-5-8-23(26(17-20)42-31(37)38)29-24-9-6-21(33)18-27(24)41-28-19-22(34)7-10-25(28)29/h5-10,17-19,33H,1-4,11-16,34H2,(H,35,36)(H,37,38). The van der Waals surface area contributed by atoms with Gasteiger partial charge in [0.25, 0.3) is 5.91 Å². The fourth-order valence-electron chi connectivity index (χ4n) is 4.56. The molecule has 1 amide bonds. The molecule has 0 aromatic heterocycles. The molecule has 1 heterocycles. The zero-order valence-corrected chi connectivity index (χ0v) is 23.9. The quantitative estimate of drug-likeness (QED) is 0.0331. The maximum atomic E-state index is 12.9. The molecule has 0 spiro atoms. The van der Waals surface area contributed by atoms with Gasteiger partial charge in [0.2, 0.25) is 0 Å². The second-order valence-electron chi connectivity index (χ2n) is 9.61. The van der Waals surface area contributed by atoms with Crippen LogP contribution in [-0.2, 0) is 9.47 Å². The molecule has 2 aromatic carbocycles. The highest BCUT2D eigenvalue weighted by Gasteiger charge is 2.22. The molecule has 0 bridgehead atoms. The molecular weight excluding hydrogens is 562 g/mol. The molecule has 0 saturated carbocycles. The van der Waals surface area contributed by atoms with Gasteiger partial charge in [-0.05, 0) is 55.3 Å². The molecule has 10 nitrogen and oxygen atoms in total. The number of halogens is 1. The van der Waals surface area contributed by atoms with Gasteiger partial charge in [0.05, 0.1) is 25.2 Å². The number of nitrogens with one attached hydrogen (secondary N) is 2. The van der Waals surface area contributed by atoms with Gasteiger partial charge in [0.15, 0.2) is 0 Å². The molecule has 0 saturated heterocycles. The Morgan fingerprint density at radius 3 is 2.45 bits per heavy atom. The zero-order valence-electron chi connectivity index (χ0n) is 23.1. The van der Waals surface area contributed by atoms with Crippen LogP contribution in [0, 0.1) is 5.41 Å². The number of carbonyl (C=O) groups is 2. The molecular formula is C31H34ClN3O7. The molecule has 0 atom stereocenters. The number of rotatable bonds is 15. The van der Waals surface area contributed by atoms with Gasteiger partial charge in [-0.25, -0.2) is 4.79 Å². The van der Waals surface area contributed by atoms with Gasteiger partial charge < -0.3 is 40.2 Å². The van der Waals surface area contributed by atoms with E-state index in [2.05, 4.69) is 5.32 Å². The van der Waals surface area contributed by atoms with Gasteiger partial charge in [-0.3, -0.25) is 4.79 Å². The van der Waals surface area contributed by atoms with E-state index < -0.39 is 12.1 Å². The summed E-state index contributed by atoms with van der Waals surface area (Å²) in [7, 11) is 0. The summed E-state index contributed by atoms with van der Waals surface area (Å²) < 4.78 is 22.2. The van der Waals surface area contributed by atoms with Crippen LogP contribution < -0.4 is 21.1 Å². The predicted octanol–water partition coefficient (Wildman–Crippen LogP) is 5.89.